The largest absolute Gasteiger partial charge is 0.352 e. The lowest BCUT2D eigenvalue weighted by molar-refractivity contribution is -0.140. The maximum atomic E-state index is 14.1. The van der Waals surface area contributed by atoms with Gasteiger partial charge in [0, 0.05) is 17.6 Å². The van der Waals surface area contributed by atoms with Gasteiger partial charge in [0.05, 0.1) is 10.6 Å². The summed E-state index contributed by atoms with van der Waals surface area (Å²) < 4.78 is 28.8. The number of nitrogens with one attached hydrogen (secondary N) is 1. The fourth-order valence-corrected chi connectivity index (χ4v) is 6.75. The van der Waals surface area contributed by atoms with Crippen LogP contribution in [-0.2, 0) is 26.2 Å². The normalized spacial score (nSPS) is 14.7. The van der Waals surface area contributed by atoms with Gasteiger partial charge in [-0.1, -0.05) is 85.8 Å². The van der Waals surface area contributed by atoms with Crippen molar-refractivity contribution in [3.8, 4) is 0 Å². The smallest absolute Gasteiger partial charge is 0.264 e. The van der Waals surface area contributed by atoms with Crippen molar-refractivity contribution in [3.05, 3.63) is 95.0 Å². The van der Waals surface area contributed by atoms with E-state index in [0.29, 0.717) is 17.1 Å². The van der Waals surface area contributed by atoms with Crippen molar-refractivity contribution >= 4 is 39.1 Å². The minimum atomic E-state index is -4.13. The van der Waals surface area contributed by atoms with E-state index in [1.165, 1.54) is 35.6 Å². The third-order valence-corrected chi connectivity index (χ3v) is 9.58. The average Bonchev–Trinajstić information content (AvgIpc) is 2.98. The van der Waals surface area contributed by atoms with E-state index in [1.54, 1.807) is 30.3 Å². The standard InChI is InChI=1S/C32H38ClN3O4S/c1-3-30(32(38)34-27-10-6-4-7-11-27)35(22-25-16-14-24(2)15-17-25)31(37)23-36(28-12-8-5-9-13-28)41(39,40)29-20-18-26(33)19-21-29/h5,8-9,12-21,27,30H,3-4,6-7,10-11,22-23H2,1-2H3,(H,34,38). The summed E-state index contributed by atoms with van der Waals surface area (Å²) in [5.74, 6) is -0.663. The van der Waals surface area contributed by atoms with Crippen molar-refractivity contribution in [3.63, 3.8) is 0 Å². The van der Waals surface area contributed by atoms with Crippen molar-refractivity contribution in [2.24, 2.45) is 0 Å². The Morgan fingerprint density at radius 3 is 2.17 bits per heavy atom. The quantitative estimate of drug-likeness (QED) is 0.290. The Balaban J connectivity index is 1.68. The number of nitrogens with zero attached hydrogens (tertiary/aromatic N) is 2. The number of hydrogen-bond acceptors (Lipinski definition) is 4. The number of benzene rings is 3. The van der Waals surface area contributed by atoms with Gasteiger partial charge in [0.15, 0.2) is 0 Å². The minimum Gasteiger partial charge on any atom is -0.352 e. The molecule has 0 aliphatic heterocycles. The van der Waals surface area contributed by atoms with Gasteiger partial charge in [-0.25, -0.2) is 8.42 Å². The number of hydrogen-bond donors (Lipinski definition) is 1. The maximum absolute atomic E-state index is 14.1. The van der Waals surface area contributed by atoms with Gasteiger partial charge in [-0.2, -0.15) is 0 Å². The molecule has 0 heterocycles. The van der Waals surface area contributed by atoms with Crippen LogP contribution in [0.2, 0.25) is 5.02 Å². The molecule has 0 aromatic heterocycles. The molecule has 0 radical (unpaired) electrons. The van der Waals surface area contributed by atoms with Gasteiger partial charge in [-0.15, -0.1) is 0 Å². The number of anilines is 1. The Morgan fingerprint density at radius 1 is 0.927 bits per heavy atom. The van der Waals surface area contributed by atoms with Crippen LogP contribution in [0.5, 0.6) is 0 Å². The third-order valence-electron chi connectivity index (χ3n) is 7.54. The van der Waals surface area contributed by atoms with Gasteiger partial charge in [-0.3, -0.25) is 13.9 Å². The van der Waals surface area contributed by atoms with E-state index in [1.807, 2.05) is 38.1 Å². The molecule has 3 aromatic carbocycles. The van der Waals surface area contributed by atoms with Crippen LogP contribution in [0, 0.1) is 6.92 Å². The molecule has 218 valence electrons. The highest BCUT2D eigenvalue weighted by Crippen LogP contribution is 2.26. The van der Waals surface area contributed by atoms with Crippen molar-refractivity contribution in [1.82, 2.24) is 10.2 Å². The first-order valence-electron chi connectivity index (χ1n) is 14.2. The van der Waals surface area contributed by atoms with Crippen molar-refractivity contribution in [2.45, 2.75) is 75.9 Å². The third kappa shape index (κ3) is 7.89. The lowest BCUT2D eigenvalue weighted by atomic mass is 9.95. The summed E-state index contributed by atoms with van der Waals surface area (Å²) in [5.41, 5.74) is 2.29. The second-order valence-corrected chi connectivity index (χ2v) is 12.9. The summed E-state index contributed by atoms with van der Waals surface area (Å²) >= 11 is 6.01. The Kier molecular flexibility index (Phi) is 10.5. The highest BCUT2D eigenvalue weighted by Gasteiger charge is 2.34. The number of aryl methyl sites for hydroxylation is 1. The second kappa shape index (κ2) is 14.0. The summed E-state index contributed by atoms with van der Waals surface area (Å²) in [5, 5.41) is 3.58. The number of carbonyl (C=O) groups excluding carboxylic acids is 2. The number of para-hydroxylation sites is 1. The molecular formula is C32H38ClN3O4S. The number of halogens is 1. The molecule has 0 spiro atoms. The molecule has 41 heavy (non-hydrogen) atoms. The molecule has 7 nitrogen and oxygen atoms in total. The fraction of sp³-hybridized carbons (Fsp3) is 0.375. The first-order valence-corrected chi connectivity index (χ1v) is 16.0. The van der Waals surface area contributed by atoms with Gasteiger partial charge < -0.3 is 10.2 Å². The number of rotatable bonds is 11. The van der Waals surface area contributed by atoms with Gasteiger partial charge in [-0.05, 0) is 68.1 Å². The van der Waals surface area contributed by atoms with E-state index in [2.05, 4.69) is 5.32 Å². The Bertz CT molecular complexity index is 1410. The highest BCUT2D eigenvalue weighted by atomic mass is 35.5. The van der Waals surface area contributed by atoms with Gasteiger partial charge in [0.1, 0.15) is 12.6 Å². The molecule has 1 unspecified atom stereocenters. The molecule has 9 heteroatoms. The van der Waals surface area contributed by atoms with E-state index in [9.17, 15) is 18.0 Å². The molecule has 1 fully saturated rings. The van der Waals surface area contributed by atoms with E-state index < -0.39 is 28.5 Å². The lowest BCUT2D eigenvalue weighted by Crippen LogP contribution is -2.54. The number of amides is 2. The topological polar surface area (TPSA) is 86.8 Å². The predicted molar refractivity (Wildman–Crippen MR) is 163 cm³/mol. The van der Waals surface area contributed by atoms with Gasteiger partial charge in [0.2, 0.25) is 11.8 Å². The van der Waals surface area contributed by atoms with E-state index >= 15 is 0 Å². The predicted octanol–water partition coefficient (Wildman–Crippen LogP) is 6.10. The fourth-order valence-electron chi connectivity index (χ4n) is 5.21. The van der Waals surface area contributed by atoms with Crippen molar-refractivity contribution in [2.75, 3.05) is 10.8 Å². The molecule has 0 bridgehead atoms. The van der Waals surface area contributed by atoms with Crippen LogP contribution < -0.4 is 9.62 Å². The van der Waals surface area contributed by atoms with E-state index in [-0.39, 0.29) is 23.4 Å². The molecule has 2 amide bonds. The molecule has 0 saturated heterocycles. The van der Waals surface area contributed by atoms with Crippen molar-refractivity contribution in [1.29, 1.82) is 0 Å². The molecule has 1 aliphatic carbocycles. The lowest BCUT2D eigenvalue weighted by Gasteiger charge is -2.34. The Hall–Kier alpha value is -3.36. The molecular weight excluding hydrogens is 558 g/mol. The number of carbonyl (C=O) groups is 2. The Labute approximate surface area is 248 Å². The van der Waals surface area contributed by atoms with E-state index in [4.69, 9.17) is 11.6 Å². The summed E-state index contributed by atoms with van der Waals surface area (Å²) in [6, 6.07) is 21.5. The molecule has 4 rings (SSSR count). The first kappa shape index (κ1) is 30.6. The van der Waals surface area contributed by atoms with Crippen LogP contribution in [0.3, 0.4) is 0 Å². The Morgan fingerprint density at radius 2 is 1.56 bits per heavy atom. The summed E-state index contributed by atoms with van der Waals surface area (Å²) in [7, 11) is -4.13. The van der Waals surface area contributed by atoms with Crippen LogP contribution in [0.4, 0.5) is 5.69 Å². The maximum Gasteiger partial charge on any atom is 0.264 e. The minimum absolute atomic E-state index is 0.0192. The molecule has 3 aromatic rings. The van der Waals surface area contributed by atoms with Crippen LogP contribution in [0.25, 0.3) is 0 Å². The first-order chi connectivity index (χ1) is 19.7. The van der Waals surface area contributed by atoms with Crippen LogP contribution in [0.1, 0.15) is 56.6 Å². The second-order valence-electron chi connectivity index (χ2n) is 10.6. The summed E-state index contributed by atoms with van der Waals surface area (Å²) in [4.78, 5) is 29.3. The zero-order valence-corrected chi connectivity index (χ0v) is 25.2. The summed E-state index contributed by atoms with van der Waals surface area (Å²) in [6.45, 7) is 3.58. The van der Waals surface area contributed by atoms with Crippen molar-refractivity contribution < 1.29 is 18.0 Å². The molecule has 1 atom stereocenters. The average molecular weight is 596 g/mol. The number of sulfonamides is 1. The highest BCUT2D eigenvalue weighted by molar-refractivity contribution is 7.92. The molecule has 1 aliphatic rings. The zero-order valence-electron chi connectivity index (χ0n) is 23.6. The monoisotopic (exact) mass is 595 g/mol. The van der Waals surface area contributed by atoms with Crippen LogP contribution >= 0.6 is 11.6 Å². The molecule has 1 N–H and O–H groups in total. The van der Waals surface area contributed by atoms with E-state index in [0.717, 1.165) is 41.1 Å². The summed E-state index contributed by atoms with van der Waals surface area (Å²) in [6.07, 6.45) is 5.56. The van der Waals surface area contributed by atoms with Gasteiger partial charge in [0.25, 0.3) is 10.0 Å². The zero-order chi connectivity index (χ0) is 29.4. The van der Waals surface area contributed by atoms with Crippen LogP contribution in [-0.4, -0.2) is 43.8 Å². The SMILES string of the molecule is CCC(C(=O)NC1CCCCC1)N(Cc1ccc(C)cc1)C(=O)CN(c1ccccc1)S(=O)(=O)c1ccc(Cl)cc1. The van der Waals surface area contributed by atoms with Crippen LogP contribution in [0.15, 0.2) is 83.8 Å². The molecule has 1 saturated carbocycles. The van der Waals surface area contributed by atoms with Gasteiger partial charge >= 0.3 is 0 Å².